The molecule has 0 aromatic rings. The van der Waals surface area contributed by atoms with Crippen molar-refractivity contribution in [3.63, 3.8) is 0 Å². The first kappa shape index (κ1) is 20.4. The van der Waals surface area contributed by atoms with Crippen LogP contribution in [0.15, 0.2) is 0 Å². The number of unbranched alkanes of at least 4 members (excludes halogenated alkanes) is 6. The van der Waals surface area contributed by atoms with Crippen LogP contribution in [0.2, 0.25) is 0 Å². The number of amides is 2. The van der Waals surface area contributed by atoms with Gasteiger partial charge >= 0.3 is 5.97 Å². The van der Waals surface area contributed by atoms with Crippen LogP contribution in [0.25, 0.3) is 0 Å². The van der Waals surface area contributed by atoms with Gasteiger partial charge in [-0.15, -0.1) is 0 Å². The average Bonchev–Trinajstić information content (AvgIpc) is 2.45. The fraction of sp³-hybridized carbons (Fsp3) is 0.812. The number of hydrogen-bond acceptors (Lipinski definition) is 3. The number of nitrogens with two attached hydrogens (primary N) is 1. The molecule has 0 rings (SSSR count). The Hall–Kier alpha value is -1.59. The molecule has 1 unspecified atom stereocenters. The third-order valence-electron chi connectivity index (χ3n) is 3.80. The number of carboxylic acid groups (broad SMARTS) is 1. The summed E-state index contributed by atoms with van der Waals surface area (Å²) in [6.45, 7) is 2.17. The van der Waals surface area contributed by atoms with Gasteiger partial charge in [-0.05, 0) is 12.8 Å². The molecule has 6 nitrogen and oxygen atoms in total. The minimum absolute atomic E-state index is 0.0357. The minimum Gasteiger partial charge on any atom is -0.480 e. The summed E-state index contributed by atoms with van der Waals surface area (Å²) in [4.78, 5) is 35.2. The number of hydrogen-bond donors (Lipinski definition) is 2. The Bertz CT molecular complexity index is 358. The Kier molecular flexibility index (Phi) is 11.1. The van der Waals surface area contributed by atoms with E-state index in [1.165, 1.54) is 37.6 Å². The van der Waals surface area contributed by atoms with Gasteiger partial charge in [-0.1, -0.05) is 45.4 Å². The van der Waals surface area contributed by atoms with E-state index >= 15 is 0 Å². The molecule has 0 aliphatic carbocycles. The minimum atomic E-state index is -1.10. The number of carbonyl (C=O) groups excluding carboxylic acids is 2. The second-order valence-corrected chi connectivity index (χ2v) is 5.73. The monoisotopic (exact) mass is 314 g/mol. The molecule has 0 spiro atoms. The molecule has 0 heterocycles. The molecule has 0 fully saturated rings. The van der Waals surface area contributed by atoms with Crippen molar-refractivity contribution in [1.29, 1.82) is 0 Å². The number of carboxylic acids is 1. The van der Waals surface area contributed by atoms with Crippen LogP contribution in [0, 0.1) is 0 Å². The standard InChI is InChI=1S/C16H30N2O4/c1-3-4-5-6-7-8-9-10-15(20)18(2)13(16(21)22)11-12-14(17)19/h13H,3-12H2,1-2H3,(H2,17,19)(H,21,22). The first-order valence-corrected chi connectivity index (χ1v) is 8.16. The van der Waals surface area contributed by atoms with Gasteiger partial charge in [0.1, 0.15) is 6.04 Å². The Morgan fingerprint density at radius 3 is 2.05 bits per heavy atom. The highest BCUT2D eigenvalue weighted by Crippen LogP contribution is 2.12. The first-order valence-electron chi connectivity index (χ1n) is 8.16. The maximum Gasteiger partial charge on any atom is 0.326 e. The lowest BCUT2D eigenvalue weighted by Gasteiger charge is -2.24. The van der Waals surface area contributed by atoms with Gasteiger partial charge in [0.05, 0.1) is 0 Å². The zero-order valence-corrected chi connectivity index (χ0v) is 13.8. The fourth-order valence-corrected chi connectivity index (χ4v) is 2.35. The number of aliphatic carboxylic acids is 1. The zero-order chi connectivity index (χ0) is 17.0. The number of rotatable bonds is 13. The summed E-state index contributed by atoms with van der Waals surface area (Å²) >= 11 is 0. The molecule has 3 N–H and O–H groups in total. The van der Waals surface area contributed by atoms with Crippen molar-refractivity contribution in [1.82, 2.24) is 4.90 Å². The van der Waals surface area contributed by atoms with Gasteiger partial charge in [-0.25, -0.2) is 4.79 Å². The fourth-order valence-electron chi connectivity index (χ4n) is 2.35. The van der Waals surface area contributed by atoms with E-state index in [1.54, 1.807) is 0 Å². The van der Waals surface area contributed by atoms with Crippen LogP contribution in [0.1, 0.15) is 71.1 Å². The van der Waals surface area contributed by atoms with Gasteiger partial charge < -0.3 is 15.7 Å². The summed E-state index contributed by atoms with van der Waals surface area (Å²) in [5, 5.41) is 9.15. The van der Waals surface area contributed by atoms with E-state index in [9.17, 15) is 14.4 Å². The Labute approximate surface area is 133 Å². The number of carbonyl (C=O) groups is 3. The van der Waals surface area contributed by atoms with Gasteiger partial charge in [-0.3, -0.25) is 9.59 Å². The summed E-state index contributed by atoms with van der Waals surface area (Å²) < 4.78 is 0. The first-order chi connectivity index (χ1) is 10.4. The molecule has 0 radical (unpaired) electrons. The van der Waals surface area contributed by atoms with Crippen LogP contribution in [0.5, 0.6) is 0 Å². The molecule has 0 aliphatic rings. The van der Waals surface area contributed by atoms with Gasteiger partial charge in [0, 0.05) is 19.9 Å². The van der Waals surface area contributed by atoms with Crippen LogP contribution in [-0.2, 0) is 14.4 Å². The van der Waals surface area contributed by atoms with Crippen LogP contribution >= 0.6 is 0 Å². The molecule has 2 amide bonds. The lowest BCUT2D eigenvalue weighted by molar-refractivity contribution is -0.149. The molecule has 128 valence electrons. The number of primary amides is 1. The molecule has 0 saturated heterocycles. The normalized spacial score (nSPS) is 11.9. The SMILES string of the molecule is CCCCCCCCCC(=O)N(C)C(CCC(N)=O)C(=O)O. The van der Waals surface area contributed by atoms with Crippen LogP contribution in [0.3, 0.4) is 0 Å². The second-order valence-electron chi connectivity index (χ2n) is 5.73. The molecule has 0 aliphatic heterocycles. The highest BCUT2D eigenvalue weighted by molar-refractivity contribution is 5.84. The van der Waals surface area contributed by atoms with Crippen LogP contribution < -0.4 is 5.73 Å². The maximum absolute atomic E-state index is 12.0. The van der Waals surface area contributed by atoms with Crippen molar-refractivity contribution in [3.05, 3.63) is 0 Å². The van der Waals surface area contributed by atoms with Gasteiger partial charge in [0.15, 0.2) is 0 Å². The molecule has 6 heteroatoms. The zero-order valence-electron chi connectivity index (χ0n) is 13.8. The molecular weight excluding hydrogens is 284 g/mol. The maximum atomic E-state index is 12.0. The predicted octanol–water partition coefficient (Wildman–Crippen LogP) is 2.30. The van der Waals surface area contributed by atoms with E-state index in [4.69, 9.17) is 10.8 Å². The van der Waals surface area contributed by atoms with Crippen molar-refractivity contribution in [2.75, 3.05) is 7.05 Å². The second kappa shape index (κ2) is 12.0. The van der Waals surface area contributed by atoms with E-state index < -0.39 is 17.9 Å². The lowest BCUT2D eigenvalue weighted by atomic mass is 10.1. The van der Waals surface area contributed by atoms with Gasteiger partial charge in [-0.2, -0.15) is 0 Å². The van der Waals surface area contributed by atoms with Crippen molar-refractivity contribution in [2.45, 2.75) is 77.2 Å². The predicted molar refractivity (Wildman–Crippen MR) is 85.2 cm³/mol. The summed E-state index contributed by atoms with van der Waals surface area (Å²) in [6.07, 6.45) is 8.14. The van der Waals surface area contributed by atoms with E-state index in [0.717, 1.165) is 19.3 Å². The summed E-state index contributed by atoms with van der Waals surface area (Å²) in [5.74, 6) is -1.85. The van der Waals surface area contributed by atoms with Gasteiger partial charge in [0.25, 0.3) is 0 Å². The van der Waals surface area contributed by atoms with E-state index in [1.807, 2.05) is 0 Å². The topological polar surface area (TPSA) is 101 Å². The van der Waals surface area contributed by atoms with Crippen molar-refractivity contribution >= 4 is 17.8 Å². The molecular formula is C16H30N2O4. The van der Waals surface area contributed by atoms with Crippen molar-refractivity contribution in [2.24, 2.45) is 5.73 Å². The number of nitrogens with zero attached hydrogens (tertiary/aromatic N) is 1. The molecule has 0 saturated carbocycles. The molecule has 22 heavy (non-hydrogen) atoms. The average molecular weight is 314 g/mol. The van der Waals surface area contributed by atoms with E-state index in [0.29, 0.717) is 6.42 Å². The number of likely N-dealkylation sites (N-methyl/N-ethyl adjacent to an activating group) is 1. The van der Waals surface area contributed by atoms with Crippen molar-refractivity contribution in [3.8, 4) is 0 Å². The van der Waals surface area contributed by atoms with E-state index in [-0.39, 0.29) is 18.7 Å². The highest BCUT2D eigenvalue weighted by Gasteiger charge is 2.26. The third kappa shape index (κ3) is 9.37. The summed E-state index contributed by atoms with van der Waals surface area (Å²) in [5.41, 5.74) is 5.03. The molecule has 0 aromatic carbocycles. The highest BCUT2D eigenvalue weighted by atomic mass is 16.4. The summed E-state index contributed by atoms with van der Waals surface area (Å²) in [6, 6.07) is -0.982. The van der Waals surface area contributed by atoms with Crippen LogP contribution in [-0.4, -0.2) is 40.9 Å². The van der Waals surface area contributed by atoms with Crippen LogP contribution in [0.4, 0.5) is 0 Å². The molecule has 0 bridgehead atoms. The molecule has 0 aromatic heterocycles. The largest absolute Gasteiger partial charge is 0.480 e. The third-order valence-corrected chi connectivity index (χ3v) is 3.80. The lowest BCUT2D eigenvalue weighted by Crippen LogP contribution is -2.42. The van der Waals surface area contributed by atoms with Gasteiger partial charge in [0.2, 0.25) is 11.8 Å². The Morgan fingerprint density at radius 1 is 1.00 bits per heavy atom. The summed E-state index contributed by atoms with van der Waals surface area (Å²) in [7, 11) is 1.48. The quantitative estimate of drug-likeness (QED) is 0.509. The van der Waals surface area contributed by atoms with E-state index in [2.05, 4.69) is 6.92 Å². The smallest absolute Gasteiger partial charge is 0.326 e. The Morgan fingerprint density at radius 2 is 1.55 bits per heavy atom. The molecule has 1 atom stereocenters. The Balaban J connectivity index is 4.05. The van der Waals surface area contributed by atoms with Crippen molar-refractivity contribution < 1.29 is 19.5 Å².